The lowest BCUT2D eigenvalue weighted by Crippen LogP contribution is -2.32. The van der Waals surface area contributed by atoms with Gasteiger partial charge in [0.2, 0.25) is 0 Å². The number of nitrogens with zero attached hydrogens (tertiary/aromatic N) is 1. The Bertz CT molecular complexity index is 590. The number of allylic oxidation sites excluding steroid dienone is 1. The Balaban J connectivity index is 1.90. The van der Waals surface area contributed by atoms with Gasteiger partial charge < -0.3 is 15.0 Å². The molecule has 2 rings (SSSR count). The van der Waals surface area contributed by atoms with E-state index >= 15 is 0 Å². The van der Waals surface area contributed by atoms with Crippen LogP contribution in [0.15, 0.2) is 35.9 Å². The Hall–Kier alpha value is -2.30. The second kappa shape index (κ2) is 8.36. The third-order valence-electron chi connectivity index (χ3n) is 3.78. The van der Waals surface area contributed by atoms with Gasteiger partial charge in [-0.3, -0.25) is 9.59 Å². The Morgan fingerprint density at radius 1 is 1.30 bits per heavy atom. The summed E-state index contributed by atoms with van der Waals surface area (Å²) >= 11 is 0. The molecule has 0 saturated carbocycles. The van der Waals surface area contributed by atoms with Gasteiger partial charge in [-0.25, -0.2) is 0 Å². The van der Waals surface area contributed by atoms with Crippen molar-refractivity contribution in [3.63, 3.8) is 0 Å². The maximum atomic E-state index is 12.0. The van der Waals surface area contributed by atoms with Gasteiger partial charge in [0.1, 0.15) is 5.75 Å². The molecule has 0 bridgehead atoms. The molecule has 0 spiro atoms. The maximum Gasteiger partial charge on any atom is 0.260 e. The third-order valence-corrected chi connectivity index (χ3v) is 3.78. The normalized spacial score (nSPS) is 14.7. The molecule has 0 unspecified atom stereocenters. The van der Waals surface area contributed by atoms with Crippen LogP contribution < -0.4 is 10.1 Å². The topological polar surface area (TPSA) is 58.6 Å². The summed E-state index contributed by atoms with van der Waals surface area (Å²) in [7, 11) is 0. The van der Waals surface area contributed by atoms with Crippen molar-refractivity contribution in [1.82, 2.24) is 4.90 Å². The maximum absolute atomic E-state index is 12.0. The lowest BCUT2D eigenvalue weighted by atomic mass is 10.2. The van der Waals surface area contributed by atoms with E-state index < -0.39 is 0 Å². The second-order valence-corrected chi connectivity index (χ2v) is 5.65. The molecule has 1 N–H and O–H groups in total. The molecule has 0 atom stereocenters. The zero-order valence-corrected chi connectivity index (χ0v) is 13.8. The lowest BCUT2D eigenvalue weighted by molar-refractivity contribution is -0.132. The first-order chi connectivity index (χ1) is 11.1. The van der Waals surface area contributed by atoms with Crippen LogP contribution in [0.3, 0.4) is 0 Å². The van der Waals surface area contributed by atoms with Gasteiger partial charge in [-0.1, -0.05) is 19.1 Å². The average molecular weight is 316 g/mol. The zero-order chi connectivity index (χ0) is 16.7. The Kier molecular flexibility index (Phi) is 6.20. The van der Waals surface area contributed by atoms with Gasteiger partial charge in [-0.2, -0.15) is 0 Å². The number of carbonyl (C=O) groups is 2. The molecule has 0 aliphatic carbocycles. The largest absolute Gasteiger partial charge is 0.484 e. The van der Waals surface area contributed by atoms with Crippen LogP contribution in [0.4, 0.5) is 5.69 Å². The minimum absolute atomic E-state index is 0.0127. The predicted octanol–water partition coefficient (Wildman–Crippen LogP) is 2.98. The number of anilines is 1. The van der Waals surface area contributed by atoms with Gasteiger partial charge in [0.15, 0.2) is 6.61 Å². The van der Waals surface area contributed by atoms with Crippen LogP contribution in [0.25, 0.3) is 0 Å². The molecule has 2 amide bonds. The van der Waals surface area contributed by atoms with E-state index in [0.717, 1.165) is 32.4 Å². The molecule has 1 fully saturated rings. The van der Waals surface area contributed by atoms with Crippen LogP contribution in [0, 0.1) is 0 Å². The molecule has 124 valence electrons. The van der Waals surface area contributed by atoms with Crippen molar-refractivity contribution in [3.8, 4) is 5.75 Å². The highest BCUT2D eigenvalue weighted by Gasteiger charge is 2.18. The number of amides is 2. The molecule has 0 radical (unpaired) electrons. The smallest absolute Gasteiger partial charge is 0.260 e. The molecule has 1 aromatic carbocycles. The number of rotatable bonds is 6. The van der Waals surface area contributed by atoms with Crippen molar-refractivity contribution in [1.29, 1.82) is 0 Å². The lowest BCUT2D eigenvalue weighted by Gasteiger charge is -2.15. The van der Waals surface area contributed by atoms with Crippen LogP contribution in [0.1, 0.15) is 33.1 Å². The van der Waals surface area contributed by atoms with Crippen molar-refractivity contribution in [3.05, 3.63) is 35.9 Å². The summed E-state index contributed by atoms with van der Waals surface area (Å²) in [5.74, 6) is 0.461. The van der Waals surface area contributed by atoms with E-state index in [1.165, 1.54) is 0 Å². The van der Waals surface area contributed by atoms with Crippen molar-refractivity contribution >= 4 is 17.5 Å². The SMILES string of the molecule is CC/C=C(/C)C(=O)Nc1cccc(OCC(=O)N2CCCC2)c1. The van der Waals surface area contributed by atoms with E-state index in [0.29, 0.717) is 17.0 Å². The molecule has 23 heavy (non-hydrogen) atoms. The van der Waals surface area contributed by atoms with Gasteiger partial charge >= 0.3 is 0 Å². The summed E-state index contributed by atoms with van der Waals surface area (Å²) in [5.41, 5.74) is 1.34. The van der Waals surface area contributed by atoms with Gasteiger partial charge in [0.25, 0.3) is 11.8 Å². The number of carbonyl (C=O) groups excluding carboxylic acids is 2. The first kappa shape index (κ1) is 17.1. The van der Waals surface area contributed by atoms with Gasteiger partial charge in [-0.15, -0.1) is 0 Å². The van der Waals surface area contributed by atoms with E-state index in [4.69, 9.17) is 4.74 Å². The van der Waals surface area contributed by atoms with Crippen LogP contribution in [0.2, 0.25) is 0 Å². The minimum Gasteiger partial charge on any atom is -0.484 e. The van der Waals surface area contributed by atoms with Crippen LogP contribution in [-0.4, -0.2) is 36.4 Å². The summed E-state index contributed by atoms with van der Waals surface area (Å²) in [6.07, 6.45) is 4.83. The molecule has 5 nitrogen and oxygen atoms in total. The molecular formula is C18H24N2O3. The number of nitrogens with one attached hydrogen (secondary N) is 1. The van der Waals surface area contributed by atoms with Crippen LogP contribution in [-0.2, 0) is 9.59 Å². The number of benzene rings is 1. The second-order valence-electron chi connectivity index (χ2n) is 5.65. The predicted molar refractivity (Wildman–Crippen MR) is 90.4 cm³/mol. The molecule has 0 aromatic heterocycles. The summed E-state index contributed by atoms with van der Waals surface area (Å²) in [4.78, 5) is 25.8. The molecule has 5 heteroatoms. The van der Waals surface area contributed by atoms with E-state index in [1.54, 1.807) is 31.2 Å². The standard InChI is InChI=1S/C18H24N2O3/c1-3-7-14(2)18(22)19-15-8-6-9-16(12-15)23-13-17(21)20-10-4-5-11-20/h6-9,12H,3-5,10-11,13H2,1-2H3,(H,19,22)/b14-7-. The number of ether oxygens (including phenoxy) is 1. The van der Waals surface area contributed by atoms with Gasteiger partial charge in [0.05, 0.1) is 0 Å². The molecule has 1 aliphatic heterocycles. The van der Waals surface area contributed by atoms with Gasteiger partial charge in [0, 0.05) is 30.4 Å². The number of likely N-dealkylation sites (tertiary alicyclic amines) is 1. The quantitative estimate of drug-likeness (QED) is 0.821. The fourth-order valence-corrected chi connectivity index (χ4v) is 2.50. The Morgan fingerprint density at radius 3 is 2.74 bits per heavy atom. The van der Waals surface area contributed by atoms with E-state index in [2.05, 4.69) is 5.32 Å². The van der Waals surface area contributed by atoms with Crippen molar-refractivity contribution < 1.29 is 14.3 Å². The van der Waals surface area contributed by atoms with Crippen molar-refractivity contribution in [2.24, 2.45) is 0 Å². The van der Waals surface area contributed by atoms with Gasteiger partial charge in [-0.05, 0) is 38.3 Å². The third kappa shape index (κ3) is 5.13. The van der Waals surface area contributed by atoms with E-state index in [-0.39, 0.29) is 18.4 Å². The highest BCUT2D eigenvalue weighted by Crippen LogP contribution is 2.18. The molecule has 1 aromatic rings. The minimum atomic E-state index is -0.128. The molecule has 1 aliphatic rings. The van der Waals surface area contributed by atoms with Crippen molar-refractivity contribution in [2.45, 2.75) is 33.1 Å². The van der Waals surface area contributed by atoms with Crippen molar-refractivity contribution in [2.75, 3.05) is 25.0 Å². The highest BCUT2D eigenvalue weighted by molar-refractivity contribution is 6.03. The number of hydrogen-bond donors (Lipinski definition) is 1. The first-order valence-corrected chi connectivity index (χ1v) is 8.09. The fraction of sp³-hybridized carbons (Fsp3) is 0.444. The van der Waals surface area contributed by atoms with E-state index in [1.807, 2.05) is 17.9 Å². The summed E-state index contributed by atoms with van der Waals surface area (Å²) < 4.78 is 5.55. The first-order valence-electron chi connectivity index (χ1n) is 8.09. The van der Waals surface area contributed by atoms with E-state index in [9.17, 15) is 9.59 Å². The fourth-order valence-electron chi connectivity index (χ4n) is 2.50. The molecular weight excluding hydrogens is 292 g/mol. The average Bonchev–Trinajstić information content (AvgIpc) is 3.07. The highest BCUT2D eigenvalue weighted by atomic mass is 16.5. The van der Waals surface area contributed by atoms with Crippen LogP contribution >= 0.6 is 0 Å². The van der Waals surface area contributed by atoms with Crippen LogP contribution in [0.5, 0.6) is 5.75 Å². The number of hydrogen-bond acceptors (Lipinski definition) is 3. The monoisotopic (exact) mass is 316 g/mol. The summed E-state index contributed by atoms with van der Waals surface area (Å²) in [6.45, 7) is 5.45. The zero-order valence-electron chi connectivity index (χ0n) is 13.8. The summed E-state index contributed by atoms with van der Waals surface area (Å²) in [6, 6.07) is 7.10. The Labute approximate surface area is 137 Å². The molecule has 1 saturated heterocycles. The Morgan fingerprint density at radius 2 is 2.04 bits per heavy atom. The summed E-state index contributed by atoms with van der Waals surface area (Å²) in [5, 5.41) is 2.83. The molecule has 1 heterocycles.